The summed E-state index contributed by atoms with van der Waals surface area (Å²) in [5.74, 6) is 1.01. The zero-order chi connectivity index (χ0) is 14.8. The van der Waals surface area contributed by atoms with Gasteiger partial charge in [0.05, 0.1) is 18.4 Å². The maximum atomic E-state index is 10.3. The molecule has 1 aromatic heterocycles. The Morgan fingerprint density at radius 1 is 1.50 bits per heavy atom. The molecule has 0 radical (unpaired) electrons. The predicted molar refractivity (Wildman–Crippen MR) is 78.3 cm³/mol. The molecule has 2 rings (SSSR count). The van der Waals surface area contributed by atoms with Crippen LogP contribution in [0.15, 0.2) is 6.20 Å². The van der Waals surface area contributed by atoms with Crippen molar-refractivity contribution >= 4 is 0 Å². The van der Waals surface area contributed by atoms with Crippen molar-refractivity contribution < 1.29 is 10.2 Å². The Kier molecular flexibility index (Phi) is 4.83. The van der Waals surface area contributed by atoms with Crippen LogP contribution in [-0.2, 0) is 13.6 Å². The number of piperidine rings is 1. The summed E-state index contributed by atoms with van der Waals surface area (Å²) in [6.45, 7) is 6.62. The summed E-state index contributed by atoms with van der Waals surface area (Å²) in [6.07, 6.45) is 4.11. The lowest BCUT2D eigenvalue weighted by atomic mass is 9.74. The van der Waals surface area contributed by atoms with Crippen LogP contribution in [-0.4, -0.2) is 50.5 Å². The fourth-order valence-corrected chi connectivity index (χ4v) is 3.28. The van der Waals surface area contributed by atoms with E-state index in [1.54, 1.807) is 0 Å². The summed E-state index contributed by atoms with van der Waals surface area (Å²) >= 11 is 0. The van der Waals surface area contributed by atoms with Crippen LogP contribution in [0.3, 0.4) is 0 Å². The van der Waals surface area contributed by atoms with Crippen LogP contribution >= 0.6 is 0 Å². The third-order valence-electron chi connectivity index (χ3n) is 4.73. The molecule has 1 aromatic rings. The van der Waals surface area contributed by atoms with Crippen molar-refractivity contribution in [1.29, 1.82) is 0 Å². The number of rotatable bonds is 5. The maximum absolute atomic E-state index is 10.3. The maximum Gasteiger partial charge on any atom is 0.105 e. The highest BCUT2D eigenvalue weighted by atomic mass is 16.3. The van der Waals surface area contributed by atoms with E-state index in [1.165, 1.54) is 5.69 Å². The zero-order valence-corrected chi connectivity index (χ0v) is 12.8. The van der Waals surface area contributed by atoms with Gasteiger partial charge in [-0.3, -0.25) is 4.90 Å². The van der Waals surface area contributed by atoms with Crippen LogP contribution in [0.4, 0.5) is 0 Å². The molecule has 0 unspecified atom stereocenters. The van der Waals surface area contributed by atoms with Crippen molar-refractivity contribution in [3.8, 4) is 0 Å². The van der Waals surface area contributed by atoms with Crippen LogP contribution in [0.5, 0.6) is 0 Å². The summed E-state index contributed by atoms with van der Waals surface area (Å²) in [7, 11) is 2.03. The molecule has 0 spiro atoms. The van der Waals surface area contributed by atoms with Crippen molar-refractivity contribution in [1.82, 2.24) is 14.5 Å². The Labute approximate surface area is 121 Å². The average molecular weight is 281 g/mol. The van der Waals surface area contributed by atoms with Gasteiger partial charge >= 0.3 is 0 Å². The molecule has 5 heteroatoms. The number of aliphatic hydroxyl groups is 2. The standard InChI is InChI=1S/C15H27N3O2/c1-4-6-15(11-19)10-18(7-5-14(15)20)9-13-8-16-12(2)17(13)3/h8,14,19-20H,4-7,9-11H2,1-3H3/t14-,15-/m0/s1. The third kappa shape index (κ3) is 2.90. The van der Waals surface area contributed by atoms with Crippen LogP contribution in [0.2, 0.25) is 0 Å². The minimum atomic E-state index is -0.392. The van der Waals surface area contributed by atoms with E-state index in [2.05, 4.69) is 21.4 Å². The van der Waals surface area contributed by atoms with Crippen LogP contribution in [0.1, 0.15) is 37.7 Å². The lowest BCUT2D eigenvalue weighted by molar-refractivity contribution is -0.0823. The van der Waals surface area contributed by atoms with Gasteiger partial charge in [-0.25, -0.2) is 4.98 Å². The van der Waals surface area contributed by atoms with Crippen LogP contribution in [0.25, 0.3) is 0 Å². The Bertz CT molecular complexity index is 446. The number of hydrogen-bond donors (Lipinski definition) is 2. The molecule has 1 aliphatic rings. The van der Waals surface area contributed by atoms with E-state index in [0.29, 0.717) is 0 Å². The van der Waals surface area contributed by atoms with Gasteiger partial charge in [-0.05, 0) is 19.8 Å². The summed E-state index contributed by atoms with van der Waals surface area (Å²) < 4.78 is 2.10. The molecule has 2 atom stereocenters. The first kappa shape index (κ1) is 15.5. The molecule has 114 valence electrons. The molecule has 0 bridgehead atoms. The number of nitrogens with zero attached hydrogens (tertiary/aromatic N) is 3. The minimum absolute atomic E-state index is 0.0585. The van der Waals surface area contributed by atoms with Crippen molar-refractivity contribution in [2.75, 3.05) is 19.7 Å². The van der Waals surface area contributed by atoms with Crippen LogP contribution in [0, 0.1) is 12.3 Å². The van der Waals surface area contributed by atoms with Gasteiger partial charge in [0.1, 0.15) is 5.82 Å². The summed E-state index contributed by atoms with van der Waals surface area (Å²) in [5.41, 5.74) is 0.822. The Morgan fingerprint density at radius 2 is 2.25 bits per heavy atom. The van der Waals surface area contributed by atoms with Crippen LogP contribution < -0.4 is 0 Å². The molecule has 1 fully saturated rings. The van der Waals surface area contributed by atoms with E-state index in [-0.39, 0.29) is 12.0 Å². The Balaban J connectivity index is 2.08. The molecule has 2 heterocycles. The van der Waals surface area contributed by atoms with Gasteiger partial charge in [-0.1, -0.05) is 13.3 Å². The summed E-state index contributed by atoms with van der Waals surface area (Å²) in [4.78, 5) is 6.66. The molecule has 0 aromatic carbocycles. The van der Waals surface area contributed by atoms with Gasteiger partial charge in [0.15, 0.2) is 0 Å². The lowest BCUT2D eigenvalue weighted by Gasteiger charge is -2.45. The third-order valence-corrected chi connectivity index (χ3v) is 4.73. The minimum Gasteiger partial charge on any atom is -0.396 e. The second-order valence-corrected chi connectivity index (χ2v) is 6.14. The second-order valence-electron chi connectivity index (χ2n) is 6.14. The average Bonchev–Trinajstić information content (AvgIpc) is 2.75. The van der Waals surface area contributed by atoms with Crippen molar-refractivity contribution in [2.45, 2.75) is 45.8 Å². The highest BCUT2D eigenvalue weighted by molar-refractivity contribution is 5.04. The van der Waals surface area contributed by atoms with Gasteiger partial charge in [0.2, 0.25) is 0 Å². The first-order valence-corrected chi connectivity index (χ1v) is 7.51. The summed E-state index contributed by atoms with van der Waals surface area (Å²) in [5, 5.41) is 20.1. The van der Waals surface area contributed by atoms with Crippen molar-refractivity contribution in [3.63, 3.8) is 0 Å². The molecule has 1 aliphatic heterocycles. The van der Waals surface area contributed by atoms with Gasteiger partial charge in [-0.2, -0.15) is 0 Å². The second kappa shape index (κ2) is 6.24. The predicted octanol–water partition coefficient (Wildman–Crippen LogP) is 1.07. The molecular formula is C15H27N3O2. The molecule has 0 amide bonds. The van der Waals surface area contributed by atoms with E-state index >= 15 is 0 Å². The van der Waals surface area contributed by atoms with E-state index in [9.17, 15) is 10.2 Å². The first-order chi connectivity index (χ1) is 9.52. The fourth-order valence-electron chi connectivity index (χ4n) is 3.28. The fraction of sp³-hybridized carbons (Fsp3) is 0.800. The van der Waals surface area contributed by atoms with Gasteiger partial charge in [-0.15, -0.1) is 0 Å². The van der Waals surface area contributed by atoms with Crippen molar-refractivity contribution in [3.05, 3.63) is 17.7 Å². The molecule has 20 heavy (non-hydrogen) atoms. The van der Waals surface area contributed by atoms with E-state index in [1.807, 2.05) is 20.2 Å². The van der Waals surface area contributed by atoms with Gasteiger partial charge < -0.3 is 14.8 Å². The van der Waals surface area contributed by atoms with Gasteiger partial charge in [0, 0.05) is 38.3 Å². The van der Waals surface area contributed by atoms with Gasteiger partial charge in [0.25, 0.3) is 0 Å². The molecule has 1 saturated heterocycles. The number of aliphatic hydroxyl groups excluding tert-OH is 2. The topological polar surface area (TPSA) is 61.5 Å². The number of hydrogen-bond acceptors (Lipinski definition) is 4. The quantitative estimate of drug-likeness (QED) is 0.847. The molecule has 5 nitrogen and oxygen atoms in total. The monoisotopic (exact) mass is 281 g/mol. The molecule has 0 saturated carbocycles. The molecular weight excluding hydrogens is 254 g/mol. The van der Waals surface area contributed by atoms with E-state index in [0.717, 1.165) is 44.7 Å². The summed E-state index contributed by atoms with van der Waals surface area (Å²) in [6, 6.07) is 0. The smallest absolute Gasteiger partial charge is 0.105 e. The van der Waals surface area contributed by atoms with Crippen molar-refractivity contribution in [2.24, 2.45) is 12.5 Å². The highest BCUT2D eigenvalue weighted by Crippen LogP contribution is 2.35. The SMILES string of the molecule is CCC[C@@]1(CO)CN(Cc2cnc(C)n2C)CC[C@@H]1O. The normalized spacial score (nSPS) is 27.9. The molecule has 0 aliphatic carbocycles. The first-order valence-electron chi connectivity index (χ1n) is 7.51. The number of aromatic nitrogens is 2. The largest absolute Gasteiger partial charge is 0.396 e. The Hall–Kier alpha value is -0.910. The number of imidazole rings is 1. The highest BCUT2D eigenvalue weighted by Gasteiger charge is 2.41. The van der Waals surface area contributed by atoms with E-state index < -0.39 is 6.10 Å². The zero-order valence-electron chi connectivity index (χ0n) is 12.8. The lowest BCUT2D eigenvalue weighted by Crippen LogP contribution is -2.53. The van der Waals surface area contributed by atoms with E-state index in [4.69, 9.17) is 0 Å². The number of likely N-dealkylation sites (tertiary alicyclic amines) is 1. The Morgan fingerprint density at radius 3 is 2.80 bits per heavy atom. The number of aryl methyl sites for hydroxylation is 1. The molecule has 2 N–H and O–H groups in total.